The van der Waals surface area contributed by atoms with E-state index in [1.165, 1.54) is 20.1 Å². The lowest BCUT2D eigenvalue weighted by Crippen LogP contribution is -2.30. The summed E-state index contributed by atoms with van der Waals surface area (Å²) < 4.78 is 31.3. The van der Waals surface area contributed by atoms with Crippen molar-refractivity contribution in [2.24, 2.45) is 5.92 Å². The average molecular weight is 477 g/mol. The molecule has 170 valence electrons. The van der Waals surface area contributed by atoms with Crippen molar-refractivity contribution in [3.8, 4) is 5.75 Å². The van der Waals surface area contributed by atoms with Crippen LogP contribution in [0.1, 0.15) is 31.7 Å². The summed E-state index contributed by atoms with van der Waals surface area (Å²) in [5.74, 6) is 0.297. The molecule has 1 fully saturated rings. The van der Waals surface area contributed by atoms with Crippen LogP contribution in [0, 0.1) is 5.92 Å². The maximum Gasteiger partial charge on any atom is 0.230 e. The number of methoxy groups -OCH3 is 1. The van der Waals surface area contributed by atoms with Crippen LogP contribution in [0.3, 0.4) is 0 Å². The standard InChI is InChI=1S/C23H25ClN2O5S/c1-14(11-22(27)25-17-5-8-21(31-2)19(24)13-17)32(29,30)18-6-7-20-16(12-18)9-10-26(20)23(28)15-3-4-15/h5-8,12-15H,3-4,9-11H2,1-2H3,(H,25,27). The molecule has 1 aliphatic heterocycles. The van der Waals surface area contributed by atoms with Gasteiger partial charge in [0.25, 0.3) is 0 Å². The summed E-state index contributed by atoms with van der Waals surface area (Å²) in [7, 11) is -2.23. The van der Waals surface area contributed by atoms with Gasteiger partial charge >= 0.3 is 0 Å². The molecule has 2 amide bonds. The van der Waals surface area contributed by atoms with Gasteiger partial charge in [-0.25, -0.2) is 8.42 Å². The van der Waals surface area contributed by atoms with Gasteiger partial charge in [0.15, 0.2) is 9.84 Å². The molecule has 2 aliphatic rings. The minimum absolute atomic E-state index is 0.114. The summed E-state index contributed by atoms with van der Waals surface area (Å²) >= 11 is 6.07. The minimum Gasteiger partial charge on any atom is -0.495 e. The van der Waals surface area contributed by atoms with Crippen molar-refractivity contribution in [3.63, 3.8) is 0 Å². The average Bonchev–Trinajstić information content (AvgIpc) is 3.52. The highest BCUT2D eigenvalue weighted by Gasteiger charge is 2.37. The van der Waals surface area contributed by atoms with Crippen LogP contribution in [0.15, 0.2) is 41.3 Å². The summed E-state index contributed by atoms with van der Waals surface area (Å²) in [6.07, 6.45) is 2.29. The first-order valence-electron chi connectivity index (χ1n) is 10.5. The minimum atomic E-state index is -3.72. The molecule has 0 saturated heterocycles. The SMILES string of the molecule is COc1ccc(NC(=O)CC(C)S(=O)(=O)c2ccc3c(c2)CCN3C(=O)C2CC2)cc1Cl. The summed E-state index contributed by atoms with van der Waals surface area (Å²) in [6, 6.07) is 9.69. The molecule has 7 nitrogen and oxygen atoms in total. The van der Waals surface area contributed by atoms with Crippen molar-refractivity contribution in [1.29, 1.82) is 0 Å². The molecule has 2 aromatic rings. The number of amides is 2. The van der Waals surface area contributed by atoms with Crippen molar-refractivity contribution >= 4 is 44.6 Å². The van der Waals surface area contributed by atoms with E-state index in [-0.39, 0.29) is 23.1 Å². The zero-order valence-electron chi connectivity index (χ0n) is 17.9. The third-order valence-electron chi connectivity index (χ3n) is 5.91. The molecular weight excluding hydrogens is 452 g/mol. The Morgan fingerprint density at radius 2 is 1.97 bits per heavy atom. The Morgan fingerprint density at radius 3 is 2.62 bits per heavy atom. The fourth-order valence-electron chi connectivity index (χ4n) is 3.89. The molecule has 32 heavy (non-hydrogen) atoms. The lowest BCUT2D eigenvalue weighted by molar-refractivity contribution is -0.119. The number of nitrogens with zero attached hydrogens (tertiary/aromatic N) is 1. The van der Waals surface area contributed by atoms with E-state index >= 15 is 0 Å². The Labute approximate surface area is 192 Å². The Balaban J connectivity index is 1.44. The number of rotatable bonds is 7. The van der Waals surface area contributed by atoms with Gasteiger partial charge in [-0.3, -0.25) is 9.59 Å². The van der Waals surface area contributed by atoms with E-state index in [9.17, 15) is 18.0 Å². The monoisotopic (exact) mass is 476 g/mol. The second-order valence-corrected chi connectivity index (χ2v) is 11.0. The highest BCUT2D eigenvalue weighted by Crippen LogP contribution is 2.37. The number of halogens is 1. The molecule has 4 rings (SSSR count). The third-order valence-corrected chi connectivity index (χ3v) is 8.34. The van der Waals surface area contributed by atoms with Gasteiger partial charge in [-0.05, 0) is 68.1 Å². The molecule has 0 aromatic heterocycles. The maximum atomic E-state index is 13.1. The first-order chi connectivity index (χ1) is 15.2. The largest absolute Gasteiger partial charge is 0.495 e. The first kappa shape index (κ1) is 22.6. The van der Waals surface area contributed by atoms with Gasteiger partial charge in [0.2, 0.25) is 11.8 Å². The first-order valence-corrected chi connectivity index (χ1v) is 12.4. The highest BCUT2D eigenvalue weighted by molar-refractivity contribution is 7.92. The Bertz CT molecular complexity index is 1180. The number of hydrogen-bond acceptors (Lipinski definition) is 5. The van der Waals surface area contributed by atoms with Gasteiger partial charge in [0.05, 0.1) is 22.3 Å². The summed E-state index contributed by atoms with van der Waals surface area (Å²) in [4.78, 5) is 26.8. The van der Waals surface area contributed by atoms with Gasteiger partial charge < -0.3 is 15.0 Å². The van der Waals surface area contributed by atoms with E-state index in [1.807, 2.05) is 0 Å². The number of carbonyl (C=O) groups excluding carboxylic acids is 2. The van der Waals surface area contributed by atoms with Gasteiger partial charge in [-0.15, -0.1) is 0 Å². The Hall–Kier alpha value is -2.58. The molecule has 9 heteroatoms. The van der Waals surface area contributed by atoms with E-state index in [2.05, 4.69) is 5.32 Å². The molecule has 1 saturated carbocycles. The number of sulfone groups is 1. The van der Waals surface area contributed by atoms with Crippen LogP contribution in [0.4, 0.5) is 11.4 Å². The number of carbonyl (C=O) groups is 2. The van der Waals surface area contributed by atoms with Gasteiger partial charge in [0, 0.05) is 30.3 Å². The number of anilines is 2. The number of benzene rings is 2. The molecule has 0 spiro atoms. The quantitative estimate of drug-likeness (QED) is 0.655. The van der Waals surface area contributed by atoms with Crippen LogP contribution < -0.4 is 15.0 Å². The van der Waals surface area contributed by atoms with Gasteiger partial charge in [0.1, 0.15) is 5.75 Å². The van der Waals surface area contributed by atoms with Crippen molar-refractivity contribution in [2.75, 3.05) is 23.9 Å². The van der Waals surface area contributed by atoms with Crippen LogP contribution in [0.5, 0.6) is 5.75 Å². The number of nitrogens with one attached hydrogen (secondary N) is 1. The molecule has 1 heterocycles. The van der Waals surface area contributed by atoms with E-state index in [4.69, 9.17) is 16.3 Å². The highest BCUT2D eigenvalue weighted by atomic mass is 35.5. The topological polar surface area (TPSA) is 92.8 Å². The predicted molar refractivity (Wildman–Crippen MR) is 123 cm³/mol. The zero-order valence-corrected chi connectivity index (χ0v) is 19.5. The van der Waals surface area contributed by atoms with Crippen LogP contribution in [-0.2, 0) is 25.8 Å². The second-order valence-electron chi connectivity index (χ2n) is 8.26. The van der Waals surface area contributed by atoms with Crippen molar-refractivity contribution < 1.29 is 22.7 Å². The molecule has 2 aromatic carbocycles. The third kappa shape index (κ3) is 4.47. The predicted octanol–water partition coefficient (Wildman–Crippen LogP) is 3.84. The number of hydrogen-bond donors (Lipinski definition) is 1. The molecule has 1 N–H and O–H groups in total. The molecule has 1 aliphatic carbocycles. The molecule has 1 unspecified atom stereocenters. The number of fused-ring (bicyclic) bond motifs is 1. The van der Waals surface area contributed by atoms with Crippen LogP contribution in [0.25, 0.3) is 0 Å². The van der Waals surface area contributed by atoms with Gasteiger partial charge in [-0.2, -0.15) is 0 Å². The van der Waals surface area contributed by atoms with Crippen molar-refractivity contribution in [3.05, 3.63) is 47.0 Å². The van der Waals surface area contributed by atoms with E-state index in [0.29, 0.717) is 29.4 Å². The van der Waals surface area contributed by atoms with Crippen LogP contribution in [-0.4, -0.2) is 39.1 Å². The molecule has 1 atom stereocenters. The summed E-state index contributed by atoms with van der Waals surface area (Å²) in [6.45, 7) is 2.10. The second kappa shape index (κ2) is 8.75. The lowest BCUT2D eigenvalue weighted by atomic mass is 10.2. The zero-order chi connectivity index (χ0) is 23.0. The van der Waals surface area contributed by atoms with E-state index in [0.717, 1.165) is 24.1 Å². The molecule has 0 bridgehead atoms. The van der Waals surface area contributed by atoms with Crippen molar-refractivity contribution in [2.45, 2.75) is 42.8 Å². The summed E-state index contributed by atoms with van der Waals surface area (Å²) in [5, 5.41) is 2.11. The van der Waals surface area contributed by atoms with E-state index in [1.54, 1.807) is 35.2 Å². The fourth-order valence-corrected chi connectivity index (χ4v) is 5.55. The smallest absolute Gasteiger partial charge is 0.230 e. The van der Waals surface area contributed by atoms with Crippen molar-refractivity contribution in [1.82, 2.24) is 0 Å². The normalized spacial score (nSPS) is 16.4. The lowest BCUT2D eigenvalue weighted by Gasteiger charge is -2.18. The number of ether oxygens (including phenoxy) is 1. The summed E-state index contributed by atoms with van der Waals surface area (Å²) in [5.41, 5.74) is 2.11. The van der Waals surface area contributed by atoms with Crippen LogP contribution >= 0.6 is 11.6 Å². The maximum absolute atomic E-state index is 13.1. The fraction of sp³-hybridized carbons (Fsp3) is 0.391. The Kier molecular flexibility index (Phi) is 6.18. The van der Waals surface area contributed by atoms with Gasteiger partial charge in [-0.1, -0.05) is 11.6 Å². The molecule has 0 radical (unpaired) electrons. The van der Waals surface area contributed by atoms with E-state index < -0.39 is 21.0 Å². The Morgan fingerprint density at radius 1 is 1.22 bits per heavy atom. The van der Waals surface area contributed by atoms with Crippen LogP contribution in [0.2, 0.25) is 5.02 Å². The molecular formula is C23H25ClN2O5S.